The lowest BCUT2D eigenvalue weighted by molar-refractivity contribution is 1.19. The van der Waals surface area contributed by atoms with Gasteiger partial charge >= 0.3 is 0 Å². The maximum atomic E-state index is 2.32. The Kier molecular flexibility index (Phi) is 2.50. The van der Waals surface area contributed by atoms with Gasteiger partial charge in [-0.05, 0) is 52.4 Å². The van der Waals surface area contributed by atoms with Crippen LogP contribution in [0.5, 0.6) is 0 Å². The summed E-state index contributed by atoms with van der Waals surface area (Å²) in [5, 5.41) is 2.62. The fourth-order valence-electron chi connectivity index (χ4n) is 3.27. The van der Waals surface area contributed by atoms with Gasteiger partial charge in [-0.2, -0.15) is 0 Å². The number of allylic oxidation sites excluding steroid dienone is 1. The maximum absolute atomic E-state index is 2.32. The van der Waals surface area contributed by atoms with Crippen LogP contribution >= 0.6 is 0 Å². The molecule has 0 fully saturated rings. The molecular formula is C20H16. The molecule has 96 valence electrons. The molecule has 0 aromatic heterocycles. The maximum Gasteiger partial charge on any atom is -0.00543 e. The summed E-state index contributed by atoms with van der Waals surface area (Å²) in [5.74, 6) is 0. The lowest BCUT2D eigenvalue weighted by Crippen LogP contribution is -1.87. The van der Waals surface area contributed by atoms with Crippen LogP contribution in [-0.4, -0.2) is 0 Å². The summed E-state index contributed by atoms with van der Waals surface area (Å²) in [4.78, 5) is 0. The number of hydrogen-bond donors (Lipinski definition) is 0. The highest BCUT2D eigenvalue weighted by molar-refractivity contribution is 5.92. The van der Waals surface area contributed by atoms with E-state index in [-0.39, 0.29) is 0 Å². The molecule has 4 rings (SSSR count). The molecule has 0 N–H and O–H groups in total. The van der Waals surface area contributed by atoms with Crippen LogP contribution in [0.2, 0.25) is 0 Å². The number of fused-ring (bicyclic) bond motifs is 2. The monoisotopic (exact) mass is 256 g/mol. The highest BCUT2D eigenvalue weighted by Crippen LogP contribution is 2.37. The molecule has 3 aromatic rings. The van der Waals surface area contributed by atoms with E-state index < -0.39 is 0 Å². The zero-order valence-electron chi connectivity index (χ0n) is 11.6. The molecule has 1 aliphatic carbocycles. The van der Waals surface area contributed by atoms with Crippen LogP contribution in [0.4, 0.5) is 0 Å². The average Bonchev–Trinajstić information content (AvgIpc) is 2.82. The van der Waals surface area contributed by atoms with Crippen molar-refractivity contribution in [2.75, 3.05) is 0 Å². The van der Waals surface area contributed by atoms with E-state index in [9.17, 15) is 0 Å². The summed E-state index contributed by atoms with van der Waals surface area (Å²) >= 11 is 0. The lowest BCUT2D eigenvalue weighted by Gasteiger charge is -2.08. The van der Waals surface area contributed by atoms with Crippen molar-refractivity contribution in [2.45, 2.75) is 13.3 Å². The van der Waals surface area contributed by atoms with Crippen LogP contribution in [0.1, 0.15) is 23.6 Å². The zero-order valence-corrected chi connectivity index (χ0v) is 11.6. The normalized spacial score (nSPS) is 13.8. The van der Waals surface area contributed by atoms with Crippen LogP contribution in [-0.2, 0) is 6.42 Å². The van der Waals surface area contributed by atoms with Gasteiger partial charge in [0, 0.05) is 0 Å². The van der Waals surface area contributed by atoms with Gasteiger partial charge in [-0.1, -0.05) is 66.2 Å². The third-order valence-corrected chi connectivity index (χ3v) is 4.21. The quantitative estimate of drug-likeness (QED) is 0.560. The highest BCUT2D eigenvalue weighted by atomic mass is 14.2. The molecule has 0 heteroatoms. The summed E-state index contributed by atoms with van der Waals surface area (Å²) in [6.07, 6.45) is 1.08. The Morgan fingerprint density at radius 1 is 0.750 bits per heavy atom. The summed E-state index contributed by atoms with van der Waals surface area (Å²) in [6.45, 7) is 2.25. The van der Waals surface area contributed by atoms with Gasteiger partial charge in [0.05, 0.1) is 0 Å². The van der Waals surface area contributed by atoms with Crippen molar-refractivity contribution in [3.63, 3.8) is 0 Å². The second kappa shape index (κ2) is 4.35. The summed E-state index contributed by atoms with van der Waals surface area (Å²) in [6, 6.07) is 24.1. The van der Waals surface area contributed by atoms with Gasteiger partial charge in [-0.15, -0.1) is 0 Å². The molecule has 0 unspecified atom stereocenters. The lowest BCUT2D eigenvalue weighted by atomic mass is 9.95. The van der Waals surface area contributed by atoms with Crippen molar-refractivity contribution in [1.82, 2.24) is 0 Å². The van der Waals surface area contributed by atoms with Gasteiger partial charge in [0.1, 0.15) is 0 Å². The van der Waals surface area contributed by atoms with Gasteiger partial charge in [0.15, 0.2) is 0 Å². The molecule has 0 spiro atoms. The van der Waals surface area contributed by atoms with Crippen molar-refractivity contribution < 1.29 is 0 Å². The molecule has 3 aromatic carbocycles. The van der Waals surface area contributed by atoms with E-state index in [2.05, 4.69) is 73.7 Å². The first-order valence-corrected chi connectivity index (χ1v) is 7.10. The third kappa shape index (κ3) is 1.69. The number of hydrogen-bond acceptors (Lipinski definition) is 0. The Balaban J connectivity index is 1.93. The van der Waals surface area contributed by atoms with Crippen LogP contribution in [0.15, 0.2) is 72.3 Å². The smallest absolute Gasteiger partial charge is 0.00543 e. The van der Waals surface area contributed by atoms with Crippen LogP contribution in [0.3, 0.4) is 0 Å². The van der Waals surface area contributed by atoms with Crippen molar-refractivity contribution in [1.29, 1.82) is 0 Å². The molecule has 0 nitrogen and oxygen atoms in total. The summed E-state index contributed by atoms with van der Waals surface area (Å²) < 4.78 is 0. The van der Waals surface area contributed by atoms with E-state index in [1.807, 2.05) is 0 Å². The van der Waals surface area contributed by atoms with Gasteiger partial charge in [0.25, 0.3) is 0 Å². The predicted molar refractivity (Wildman–Crippen MR) is 85.8 cm³/mol. The minimum atomic E-state index is 1.08. The first-order chi connectivity index (χ1) is 9.83. The first-order valence-electron chi connectivity index (χ1n) is 7.10. The predicted octanol–water partition coefficient (Wildman–Crippen LogP) is 5.22. The van der Waals surface area contributed by atoms with Gasteiger partial charge in [0.2, 0.25) is 0 Å². The van der Waals surface area contributed by atoms with Gasteiger partial charge < -0.3 is 0 Å². The molecule has 0 aliphatic heterocycles. The summed E-state index contributed by atoms with van der Waals surface area (Å²) in [5.41, 5.74) is 7.09. The summed E-state index contributed by atoms with van der Waals surface area (Å²) in [7, 11) is 0. The second-order valence-corrected chi connectivity index (χ2v) is 5.55. The van der Waals surface area contributed by atoms with Crippen LogP contribution < -0.4 is 0 Å². The SMILES string of the molecule is CC1=C(c2ccc3ccccc3c2)c2ccccc2C1. The van der Waals surface area contributed by atoms with Crippen molar-refractivity contribution in [3.05, 3.63) is 89.0 Å². The topological polar surface area (TPSA) is 0 Å². The Morgan fingerprint density at radius 3 is 2.40 bits per heavy atom. The standard InChI is InChI=1S/C20H16/c1-14-12-17-8-4-5-9-19(17)20(14)18-11-10-15-6-2-3-7-16(15)13-18/h2-11,13H,12H2,1H3. The van der Waals surface area contributed by atoms with E-state index in [1.54, 1.807) is 0 Å². The van der Waals surface area contributed by atoms with E-state index in [0.717, 1.165) is 6.42 Å². The molecule has 0 bridgehead atoms. The fourth-order valence-corrected chi connectivity index (χ4v) is 3.27. The number of rotatable bonds is 1. The average molecular weight is 256 g/mol. The molecule has 0 heterocycles. The largest absolute Gasteiger partial charge is 0.0619 e. The Morgan fingerprint density at radius 2 is 1.50 bits per heavy atom. The molecule has 0 saturated carbocycles. The Bertz CT molecular complexity index is 837. The third-order valence-electron chi connectivity index (χ3n) is 4.21. The molecule has 0 atom stereocenters. The van der Waals surface area contributed by atoms with Crippen LogP contribution in [0.25, 0.3) is 16.3 Å². The molecule has 0 radical (unpaired) electrons. The minimum absolute atomic E-state index is 1.08. The fraction of sp³-hybridized carbons (Fsp3) is 0.100. The van der Waals surface area contributed by atoms with Crippen molar-refractivity contribution in [2.24, 2.45) is 0 Å². The zero-order chi connectivity index (χ0) is 13.5. The Labute approximate surface area is 119 Å². The van der Waals surface area contributed by atoms with E-state index in [0.29, 0.717) is 0 Å². The minimum Gasteiger partial charge on any atom is -0.0619 e. The number of benzene rings is 3. The van der Waals surface area contributed by atoms with Crippen molar-refractivity contribution >= 4 is 16.3 Å². The Hall–Kier alpha value is -2.34. The highest BCUT2D eigenvalue weighted by Gasteiger charge is 2.19. The van der Waals surface area contributed by atoms with Crippen LogP contribution in [0, 0.1) is 0 Å². The van der Waals surface area contributed by atoms with Gasteiger partial charge in [-0.3, -0.25) is 0 Å². The second-order valence-electron chi connectivity index (χ2n) is 5.55. The first kappa shape index (κ1) is 11.5. The molecular weight excluding hydrogens is 240 g/mol. The molecule has 1 aliphatic rings. The van der Waals surface area contributed by atoms with E-state index >= 15 is 0 Å². The van der Waals surface area contributed by atoms with E-state index in [4.69, 9.17) is 0 Å². The molecule has 20 heavy (non-hydrogen) atoms. The van der Waals surface area contributed by atoms with E-state index in [1.165, 1.54) is 38.6 Å². The molecule has 0 amide bonds. The van der Waals surface area contributed by atoms with Crippen molar-refractivity contribution in [3.8, 4) is 0 Å². The van der Waals surface area contributed by atoms with Gasteiger partial charge in [-0.25, -0.2) is 0 Å². The molecule has 0 saturated heterocycles.